The summed E-state index contributed by atoms with van der Waals surface area (Å²) in [5.41, 5.74) is 0. The molecule has 13 heavy (non-hydrogen) atoms. The fraction of sp³-hybridized carbons (Fsp3) is 0.900. The molecule has 1 aliphatic heterocycles. The molecule has 0 spiro atoms. The van der Waals surface area contributed by atoms with Crippen LogP contribution in [0.25, 0.3) is 0 Å². The Morgan fingerprint density at radius 2 is 1.92 bits per heavy atom. The maximum atomic E-state index is 10.9. The van der Waals surface area contributed by atoms with Gasteiger partial charge in [-0.3, -0.25) is 4.79 Å². The number of carbonyl (C=O) groups is 1. The first-order chi connectivity index (χ1) is 6.20. The van der Waals surface area contributed by atoms with Gasteiger partial charge in [-0.1, -0.05) is 12.8 Å². The minimum absolute atomic E-state index is 0.278. The molecule has 0 bridgehead atoms. The minimum atomic E-state index is -0.666. The van der Waals surface area contributed by atoms with Crippen molar-refractivity contribution < 1.29 is 9.90 Å². The molecule has 2 rings (SSSR count). The summed E-state index contributed by atoms with van der Waals surface area (Å²) in [5, 5.41) is 12.2. The lowest BCUT2D eigenvalue weighted by atomic mass is 9.76. The van der Waals surface area contributed by atoms with Crippen molar-refractivity contribution in [3.63, 3.8) is 0 Å². The topological polar surface area (TPSA) is 49.3 Å². The molecule has 3 nitrogen and oxygen atoms in total. The van der Waals surface area contributed by atoms with E-state index in [0.717, 1.165) is 6.42 Å². The third-order valence-electron chi connectivity index (χ3n) is 3.65. The highest BCUT2D eigenvalue weighted by molar-refractivity contribution is 5.74. The molecule has 0 aromatic carbocycles. The predicted molar refractivity (Wildman–Crippen MR) is 49.5 cm³/mol. The van der Waals surface area contributed by atoms with Crippen LogP contribution in [0.3, 0.4) is 0 Å². The van der Waals surface area contributed by atoms with Gasteiger partial charge in [0.25, 0.3) is 0 Å². The highest BCUT2D eigenvalue weighted by atomic mass is 16.4. The number of fused-ring (bicyclic) bond motifs is 1. The number of hydrogen-bond acceptors (Lipinski definition) is 2. The van der Waals surface area contributed by atoms with Crippen molar-refractivity contribution in [2.24, 2.45) is 11.8 Å². The van der Waals surface area contributed by atoms with E-state index >= 15 is 0 Å². The molecule has 1 saturated heterocycles. The van der Waals surface area contributed by atoms with Crippen molar-refractivity contribution in [1.82, 2.24) is 5.32 Å². The Balaban J connectivity index is 2.12. The molecule has 74 valence electrons. The number of aliphatic carboxylic acids is 1. The van der Waals surface area contributed by atoms with E-state index in [2.05, 4.69) is 12.2 Å². The van der Waals surface area contributed by atoms with Gasteiger partial charge in [0.05, 0.1) is 0 Å². The second kappa shape index (κ2) is 3.29. The average molecular weight is 183 g/mol. The number of carboxylic acid groups (broad SMARTS) is 1. The second-order valence-corrected chi connectivity index (χ2v) is 4.38. The van der Waals surface area contributed by atoms with Gasteiger partial charge in [0.15, 0.2) is 0 Å². The smallest absolute Gasteiger partial charge is 0.321 e. The Morgan fingerprint density at radius 3 is 2.54 bits per heavy atom. The summed E-state index contributed by atoms with van der Waals surface area (Å²) >= 11 is 0. The molecule has 0 aromatic rings. The van der Waals surface area contributed by atoms with E-state index in [-0.39, 0.29) is 6.04 Å². The molecule has 1 aliphatic carbocycles. The lowest BCUT2D eigenvalue weighted by Gasteiger charge is -2.27. The van der Waals surface area contributed by atoms with Gasteiger partial charge >= 0.3 is 5.97 Å². The Bertz CT molecular complexity index is 217. The van der Waals surface area contributed by atoms with Crippen LogP contribution in [-0.2, 0) is 4.79 Å². The summed E-state index contributed by atoms with van der Waals surface area (Å²) in [6.07, 6.45) is 4.79. The maximum Gasteiger partial charge on any atom is 0.321 e. The quantitative estimate of drug-likeness (QED) is 0.643. The van der Waals surface area contributed by atoms with Crippen molar-refractivity contribution >= 4 is 5.97 Å². The lowest BCUT2D eigenvalue weighted by molar-refractivity contribution is -0.140. The van der Waals surface area contributed by atoms with Crippen molar-refractivity contribution in [2.45, 2.75) is 44.7 Å². The van der Waals surface area contributed by atoms with Crippen LogP contribution in [0, 0.1) is 11.8 Å². The minimum Gasteiger partial charge on any atom is -0.480 e. The van der Waals surface area contributed by atoms with Crippen LogP contribution < -0.4 is 5.32 Å². The molecule has 4 unspecified atom stereocenters. The first-order valence-electron chi connectivity index (χ1n) is 5.19. The molecule has 0 aromatic heterocycles. The zero-order valence-corrected chi connectivity index (χ0v) is 7.99. The Labute approximate surface area is 78.5 Å². The third kappa shape index (κ3) is 1.46. The van der Waals surface area contributed by atoms with E-state index in [4.69, 9.17) is 5.11 Å². The summed E-state index contributed by atoms with van der Waals surface area (Å²) in [7, 11) is 0. The molecule has 1 saturated carbocycles. The van der Waals surface area contributed by atoms with Gasteiger partial charge in [0.2, 0.25) is 0 Å². The van der Waals surface area contributed by atoms with Gasteiger partial charge in [-0.15, -0.1) is 0 Å². The Hall–Kier alpha value is -0.570. The Morgan fingerprint density at radius 1 is 1.31 bits per heavy atom. The van der Waals surface area contributed by atoms with E-state index in [1.807, 2.05) is 0 Å². The summed E-state index contributed by atoms with van der Waals surface area (Å²) in [4.78, 5) is 10.9. The zero-order valence-electron chi connectivity index (χ0n) is 7.99. The molecule has 2 N–H and O–H groups in total. The summed E-state index contributed by atoms with van der Waals surface area (Å²) < 4.78 is 0. The molecule has 1 heterocycles. The van der Waals surface area contributed by atoms with Crippen molar-refractivity contribution in [3.8, 4) is 0 Å². The van der Waals surface area contributed by atoms with Crippen LogP contribution in [0.15, 0.2) is 0 Å². The monoisotopic (exact) mass is 183 g/mol. The molecule has 3 heteroatoms. The molecular weight excluding hydrogens is 166 g/mol. The summed E-state index contributed by atoms with van der Waals surface area (Å²) in [5.74, 6) is 0.331. The number of rotatable bonds is 1. The van der Waals surface area contributed by atoms with Crippen LogP contribution in [0.1, 0.15) is 32.6 Å². The van der Waals surface area contributed by atoms with Crippen LogP contribution >= 0.6 is 0 Å². The largest absolute Gasteiger partial charge is 0.480 e. The van der Waals surface area contributed by atoms with Gasteiger partial charge in [0.1, 0.15) is 6.04 Å². The molecule has 2 aliphatic rings. The SMILES string of the molecule is CC1NC(C(=O)O)C2CCCCC12. The predicted octanol–water partition coefficient (Wildman–Crippen LogP) is 1.24. The first-order valence-corrected chi connectivity index (χ1v) is 5.19. The van der Waals surface area contributed by atoms with Gasteiger partial charge in [-0.25, -0.2) is 0 Å². The lowest BCUT2D eigenvalue weighted by Crippen LogP contribution is -2.37. The van der Waals surface area contributed by atoms with E-state index in [0.29, 0.717) is 17.9 Å². The number of nitrogens with one attached hydrogen (secondary N) is 1. The second-order valence-electron chi connectivity index (χ2n) is 4.38. The van der Waals surface area contributed by atoms with Crippen molar-refractivity contribution in [1.29, 1.82) is 0 Å². The first kappa shape index (κ1) is 9.00. The van der Waals surface area contributed by atoms with E-state index in [1.54, 1.807) is 0 Å². The number of hydrogen-bond donors (Lipinski definition) is 2. The zero-order chi connectivity index (χ0) is 9.42. The normalized spacial score (nSPS) is 44.4. The molecule has 0 radical (unpaired) electrons. The van der Waals surface area contributed by atoms with Crippen molar-refractivity contribution in [3.05, 3.63) is 0 Å². The maximum absolute atomic E-state index is 10.9. The standard InChI is InChI=1S/C10H17NO2/c1-6-7-4-2-3-5-8(7)9(11-6)10(12)13/h6-9,11H,2-5H2,1H3,(H,12,13). The summed E-state index contributed by atoms with van der Waals surface area (Å²) in [6.45, 7) is 2.12. The average Bonchev–Trinajstić information content (AvgIpc) is 2.45. The van der Waals surface area contributed by atoms with Gasteiger partial charge in [-0.05, 0) is 31.6 Å². The fourth-order valence-electron chi connectivity index (χ4n) is 3.01. The highest BCUT2D eigenvalue weighted by Crippen LogP contribution is 2.39. The van der Waals surface area contributed by atoms with E-state index < -0.39 is 5.97 Å². The van der Waals surface area contributed by atoms with E-state index in [9.17, 15) is 4.79 Å². The van der Waals surface area contributed by atoms with E-state index in [1.165, 1.54) is 19.3 Å². The third-order valence-corrected chi connectivity index (χ3v) is 3.65. The molecule has 4 atom stereocenters. The highest BCUT2D eigenvalue weighted by Gasteiger charge is 2.44. The molecular formula is C10H17NO2. The van der Waals surface area contributed by atoms with Crippen LogP contribution in [0.2, 0.25) is 0 Å². The van der Waals surface area contributed by atoms with Crippen LogP contribution in [0.4, 0.5) is 0 Å². The number of carboxylic acids is 1. The summed E-state index contributed by atoms with van der Waals surface area (Å²) in [6, 6.07) is 0.117. The van der Waals surface area contributed by atoms with Gasteiger partial charge in [-0.2, -0.15) is 0 Å². The Kier molecular flexibility index (Phi) is 2.28. The van der Waals surface area contributed by atoms with Crippen LogP contribution in [0.5, 0.6) is 0 Å². The van der Waals surface area contributed by atoms with Crippen LogP contribution in [-0.4, -0.2) is 23.2 Å². The van der Waals surface area contributed by atoms with Gasteiger partial charge < -0.3 is 10.4 Å². The molecule has 2 fully saturated rings. The van der Waals surface area contributed by atoms with Crippen molar-refractivity contribution in [2.75, 3.05) is 0 Å². The van der Waals surface area contributed by atoms with Gasteiger partial charge in [0, 0.05) is 6.04 Å². The molecule has 0 amide bonds. The fourth-order valence-corrected chi connectivity index (χ4v) is 3.01.